The lowest BCUT2D eigenvalue weighted by Crippen LogP contribution is -2.23. The third-order valence-electron chi connectivity index (χ3n) is 1.03. The SMILES string of the molecule is [CH2]CC(N)CC(=O)OC. The van der Waals surface area contributed by atoms with Gasteiger partial charge in [-0.1, -0.05) is 6.92 Å². The number of rotatable bonds is 3. The van der Waals surface area contributed by atoms with E-state index < -0.39 is 0 Å². The minimum atomic E-state index is -0.272. The molecule has 53 valence electrons. The summed E-state index contributed by atoms with van der Waals surface area (Å²) in [7, 11) is 1.35. The number of ether oxygens (including phenoxy) is 1. The molecule has 1 atom stereocenters. The van der Waals surface area contributed by atoms with Crippen LogP contribution in [0.4, 0.5) is 0 Å². The van der Waals surface area contributed by atoms with Crippen LogP contribution in [-0.4, -0.2) is 19.1 Å². The van der Waals surface area contributed by atoms with E-state index in [0.29, 0.717) is 6.42 Å². The molecule has 0 bridgehead atoms. The molecule has 1 unspecified atom stereocenters. The summed E-state index contributed by atoms with van der Waals surface area (Å²) in [6.07, 6.45) is 0.828. The number of hydrogen-bond acceptors (Lipinski definition) is 3. The zero-order valence-corrected chi connectivity index (χ0v) is 5.59. The molecule has 0 fully saturated rings. The van der Waals surface area contributed by atoms with Crippen molar-refractivity contribution < 1.29 is 9.53 Å². The van der Waals surface area contributed by atoms with Gasteiger partial charge in [0.15, 0.2) is 0 Å². The van der Waals surface area contributed by atoms with E-state index in [1.807, 2.05) is 0 Å². The average molecular weight is 130 g/mol. The highest BCUT2D eigenvalue weighted by Gasteiger charge is 2.05. The molecule has 0 spiro atoms. The highest BCUT2D eigenvalue weighted by molar-refractivity contribution is 5.69. The highest BCUT2D eigenvalue weighted by Crippen LogP contribution is 1.93. The summed E-state index contributed by atoms with van der Waals surface area (Å²) >= 11 is 0. The molecule has 9 heavy (non-hydrogen) atoms. The third kappa shape index (κ3) is 3.97. The van der Waals surface area contributed by atoms with Gasteiger partial charge in [0, 0.05) is 6.04 Å². The molecule has 0 heterocycles. The lowest BCUT2D eigenvalue weighted by Gasteiger charge is -2.04. The van der Waals surface area contributed by atoms with Crippen LogP contribution in [0.1, 0.15) is 12.8 Å². The van der Waals surface area contributed by atoms with Gasteiger partial charge in [-0.05, 0) is 6.42 Å². The molecule has 0 amide bonds. The molecular formula is C6H12NO2. The summed E-state index contributed by atoms with van der Waals surface area (Å²) in [5, 5.41) is 0. The number of esters is 1. The minimum absolute atomic E-state index is 0.155. The summed E-state index contributed by atoms with van der Waals surface area (Å²) in [5.41, 5.74) is 5.39. The van der Waals surface area contributed by atoms with Gasteiger partial charge in [0.25, 0.3) is 0 Å². The molecule has 0 aliphatic rings. The Bertz CT molecular complexity index is 93.1. The van der Waals surface area contributed by atoms with Crippen molar-refractivity contribution in [2.75, 3.05) is 7.11 Å². The van der Waals surface area contributed by atoms with Crippen LogP contribution in [0.5, 0.6) is 0 Å². The number of carbonyl (C=O) groups is 1. The summed E-state index contributed by atoms with van der Waals surface area (Å²) in [4.78, 5) is 10.5. The second kappa shape index (κ2) is 4.32. The van der Waals surface area contributed by atoms with E-state index in [-0.39, 0.29) is 18.4 Å². The molecule has 3 heteroatoms. The first-order valence-electron chi connectivity index (χ1n) is 2.82. The monoisotopic (exact) mass is 130 g/mol. The Hall–Kier alpha value is -0.570. The van der Waals surface area contributed by atoms with Crippen LogP contribution in [0.2, 0.25) is 0 Å². The van der Waals surface area contributed by atoms with Gasteiger partial charge in [0.2, 0.25) is 0 Å². The zero-order chi connectivity index (χ0) is 7.28. The van der Waals surface area contributed by atoms with Gasteiger partial charge in [-0.25, -0.2) is 0 Å². The topological polar surface area (TPSA) is 52.3 Å². The van der Waals surface area contributed by atoms with Gasteiger partial charge in [-0.2, -0.15) is 0 Å². The van der Waals surface area contributed by atoms with Gasteiger partial charge in [0.1, 0.15) is 0 Å². The quantitative estimate of drug-likeness (QED) is 0.551. The fourth-order valence-corrected chi connectivity index (χ4v) is 0.399. The fraction of sp³-hybridized carbons (Fsp3) is 0.667. The molecule has 3 nitrogen and oxygen atoms in total. The molecule has 0 aromatic carbocycles. The standard InChI is InChI=1S/C6H12NO2/c1-3-5(7)4-6(8)9-2/h5H,1,3-4,7H2,2H3. The van der Waals surface area contributed by atoms with Gasteiger partial charge in [-0.3, -0.25) is 4.79 Å². The maximum absolute atomic E-state index is 10.5. The van der Waals surface area contributed by atoms with Gasteiger partial charge in [-0.15, -0.1) is 0 Å². The number of methoxy groups -OCH3 is 1. The van der Waals surface area contributed by atoms with Gasteiger partial charge < -0.3 is 10.5 Å². The molecular weight excluding hydrogens is 118 g/mol. The number of hydrogen-bond donors (Lipinski definition) is 1. The smallest absolute Gasteiger partial charge is 0.307 e. The molecule has 0 saturated heterocycles. The molecule has 0 saturated carbocycles. The van der Waals surface area contributed by atoms with Crippen LogP contribution in [0.3, 0.4) is 0 Å². The second-order valence-corrected chi connectivity index (χ2v) is 1.83. The van der Waals surface area contributed by atoms with Crippen molar-refractivity contribution in [3.63, 3.8) is 0 Å². The van der Waals surface area contributed by atoms with Crippen molar-refractivity contribution in [3.05, 3.63) is 6.92 Å². The van der Waals surface area contributed by atoms with Crippen molar-refractivity contribution in [1.82, 2.24) is 0 Å². The lowest BCUT2D eigenvalue weighted by molar-refractivity contribution is -0.140. The van der Waals surface area contributed by atoms with E-state index in [1.54, 1.807) is 0 Å². The Morgan fingerprint density at radius 3 is 2.78 bits per heavy atom. The van der Waals surface area contributed by atoms with E-state index in [1.165, 1.54) is 7.11 Å². The van der Waals surface area contributed by atoms with Crippen molar-refractivity contribution in [2.45, 2.75) is 18.9 Å². The van der Waals surface area contributed by atoms with Crippen LogP contribution in [-0.2, 0) is 9.53 Å². The van der Waals surface area contributed by atoms with Crippen LogP contribution in [0, 0.1) is 6.92 Å². The van der Waals surface area contributed by atoms with E-state index >= 15 is 0 Å². The molecule has 0 aliphatic carbocycles. The zero-order valence-electron chi connectivity index (χ0n) is 5.59. The maximum atomic E-state index is 10.5. The van der Waals surface area contributed by atoms with Gasteiger partial charge in [0.05, 0.1) is 13.5 Å². The first-order chi connectivity index (χ1) is 4.20. The normalized spacial score (nSPS) is 12.8. The Labute approximate surface area is 55.2 Å². The lowest BCUT2D eigenvalue weighted by atomic mass is 10.2. The largest absolute Gasteiger partial charge is 0.469 e. The molecule has 1 radical (unpaired) electrons. The van der Waals surface area contributed by atoms with Crippen molar-refractivity contribution >= 4 is 5.97 Å². The summed E-state index contributed by atoms with van der Waals surface area (Å²) in [6, 6.07) is -0.155. The molecule has 0 aliphatic heterocycles. The fourth-order valence-electron chi connectivity index (χ4n) is 0.399. The highest BCUT2D eigenvalue weighted by atomic mass is 16.5. The van der Waals surface area contributed by atoms with Gasteiger partial charge >= 0.3 is 5.97 Å². The van der Waals surface area contributed by atoms with Crippen LogP contribution in [0.25, 0.3) is 0 Å². The Morgan fingerprint density at radius 1 is 1.89 bits per heavy atom. The first kappa shape index (κ1) is 8.43. The van der Waals surface area contributed by atoms with Crippen LogP contribution < -0.4 is 5.73 Å². The predicted molar refractivity (Wildman–Crippen MR) is 34.6 cm³/mol. The van der Waals surface area contributed by atoms with Crippen molar-refractivity contribution in [3.8, 4) is 0 Å². The summed E-state index contributed by atoms with van der Waals surface area (Å²) in [5.74, 6) is -0.272. The molecule has 0 aromatic rings. The van der Waals surface area contributed by atoms with E-state index in [0.717, 1.165) is 0 Å². The third-order valence-corrected chi connectivity index (χ3v) is 1.03. The van der Waals surface area contributed by atoms with E-state index in [4.69, 9.17) is 5.73 Å². The predicted octanol–water partition coefficient (Wildman–Crippen LogP) is 0.101. The Kier molecular flexibility index (Phi) is 4.05. The average Bonchev–Trinajstić information content (AvgIpc) is 1.87. The first-order valence-corrected chi connectivity index (χ1v) is 2.82. The maximum Gasteiger partial charge on any atom is 0.307 e. The second-order valence-electron chi connectivity index (χ2n) is 1.83. The summed E-state index contributed by atoms with van der Waals surface area (Å²) < 4.78 is 4.38. The Morgan fingerprint density at radius 2 is 2.44 bits per heavy atom. The van der Waals surface area contributed by atoms with Crippen LogP contribution >= 0.6 is 0 Å². The molecule has 0 rings (SSSR count). The molecule has 0 aromatic heterocycles. The van der Waals surface area contributed by atoms with Crippen LogP contribution in [0.15, 0.2) is 0 Å². The van der Waals surface area contributed by atoms with E-state index in [9.17, 15) is 4.79 Å². The van der Waals surface area contributed by atoms with E-state index in [2.05, 4.69) is 11.7 Å². The number of carbonyl (C=O) groups excluding carboxylic acids is 1. The molecule has 2 N–H and O–H groups in total. The van der Waals surface area contributed by atoms with Crippen molar-refractivity contribution in [1.29, 1.82) is 0 Å². The summed E-state index contributed by atoms with van der Waals surface area (Å²) in [6.45, 7) is 3.54. The Balaban J connectivity index is 3.34. The number of nitrogens with two attached hydrogens (primary N) is 1. The minimum Gasteiger partial charge on any atom is -0.469 e. The van der Waals surface area contributed by atoms with Crippen molar-refractivity contribution in [2.24, 2.45) is 5.73 Å².